The largest absolute Gasteiger partial charge is 0.338 e. The van der Waals surface area contributed by atoms with Gasteiger partial charge in [0.05, 0.1) is 0 Å². The zero-order chi connectivity index (χ0) is 13.2. The second-order valence-corrected chi connectivity index (χ2v) is 4.50. The molecule has 5 nitrogen and oxygen atoms in total. The Bertz CT molecular complexity index is 698. The summed E-state index contributed by atoms with van der Waals surface area (Å²) in [7, 11) is 0. The van der Waals surface area contributed by atoms with Crippen molar-refractivity contribution in [2.45, 2.75) is 26.4 Å². The quantitative estimate of drug-likeness (QED) is 0.776. The molecule has 2 aromatic heterocycles. The van der Waals surface area contributed by atoms with Crippen LogP contribution in [0.25, 0.3) is 10.9 Å². The third-order valence-corrected chi connectivity index (χ3v) is 3.21. The topological polar surface area (TPSA) is 69.9 Å². The van der Waals surface area contributed by atoms with Gasteiger partial charge in [-0.1, -0.05) is 24.2 Å². The van der Waals surface area contributed by atoms with Crippen molar-refractivity contribution in [1.82, 2.24) is 14.7 Å². The molecule has 0 spiro atoms. The van der Waals surface area contributed by atoms with Crippen LogP contribution < -0.4 is 5.73 Å². The van der Waals surface area contributed by atoms with Crippen LogP contribution in [-0.2, 0) is 19.5 Å². The Hall–Kier alpha value is -2.14. The Morgan fingerprint density at radius 1 is 1.32 bits per heavy atom. The van der Waals surface area contributed by atoms with Crippen molar-refractivity contribution in [1.29, 1.82) is 0 Å². The van der Waals surface area contributed by atoms with Gasteiger partial charge in [-0.25, -0.2) is 0 Å². The normalized spacial score (nSPS) is 11.3. The first-order valence-corrected chi connectivity index (χ1v) is 6.39. The molecular weight excluding hydrogens is 240 g/mol. The minimum Gasteiger partial charge on any atom is -0.338 e. The van der Waals surface area contributed by atoms with Gasteiger partial charge >= 0.3 is 0 Å². The Balaban J connectivity index is 1.95. The number of nitrogens with zero attached hydrogens (tertiary/aromatic N) is 3. The average molecular weight is 256 g/mol. The van der Waals surface area contributed by atoms with E-state index in [4.69, 9.17) is 10.3 Å². The highest BCUT2D eigenvalue weighted by Crippen LogP contribution is 2.18. The molecule has 3 rings (SSSR count). The summed E-state index contributed by atoms with van der Waals surface area (Å²) in [6, 6.07) is 8.31. The molecule has 0 radical (unpaired) electrons. The van der Waals surface area contributed by atoms with Crippen LogP contribution in [0.3, 0.4) is 0 Å². The van der Waals surface area contributed by atoms with E-state index in [2.05, 4.69) is 39.0 Å². The molecule has 0 atom stereocenters. The van der Waals surface area contributed by atoms with Crippen molar-refractivity contribution in [2.75, 3.05) is 0 Å². The molecule has 2 N–H and O–H groups in total. The van der Waals surface area contributed by atoms with E-state index in [1.807, 2.05) is 13.1 Å². The van der Waals surface area contributed by atoms with Crippen molar-refractivity contribution < 1.29 is 4.52 Å². The minimum atomic E-state index is 0.543. The predicted molar refractivity (Wildman–Crippen MR) is 72.6 cm³/mol. The molecular formula is C14H16N4O. The molecule has 19 heavy (non-hydrogen) atoms. The summed E-state index contributed by atoms with van der Waals surface area (Å²) in [4.78, 5) is 4.33. The fourth-order valence-electron chi connectivity index (χ4n) is 2.14. The van der Waals surface area contributed by atoms with Crippen LogP contribution in [0.4, 0.5) is 0 Å². The first-order chi connectivity index (χ1) is 9.30. The highest BCUT2D eigenvalue weighted by atomic mass is 16.5. The summed E-state index contributed by atoms with van der Waals surface area (Å²) < 4.78 is 7.33. The molecule has 0 aliphatic carbocycles. The minimum absolute atomic E-state index is 0.543. The zero-order valence-electron chi connectivity index (χ0n) is 10.8. The Morgan fingerprint density at radius 3 is 2.95 bits per heavy atom. The van der Waals surface area contributed by atoms with Gasteiger partial charge in [0, 0.05) is 24.7 Å². The standard InChI is InChI=1S/C14H16N4O/c1-2-13-16-14(19-17-13)9-18-6-5-11-4-3-10(8-15)7-12(11)18/h3-7H,2,8-9,15H2,1H3. The monoisotopic (exact) mass is 256 g/mol. The maximum Gasteiger partial charge on any atom is 0.246 e. The first-order valence-electron chi connectivity index (χ1n) is 6.39. The second kappa shape index (κ2) is 4.85. The third kappa shape index (κ3) is 2.24. The van der Waals surface area contributed by atoms with Gasteiger partial charge in [0.1, 0.15) is 6.54 Å². The van der Waals surface area contributed by atoms with Crippen LogP contribution in [-0.4, -0.2) is 14.7 Å². The molecule has 0 unspecified atom stereocenters. The lowest BCUT2D eigenvalue weighted by atomic mass is 10.1. The van der Waals surface area contributed by atoms with E-state index in [0.29, 0.717) is 19.0 Å². The summed E-state index contributed by atoms with van der Waals surface area (Å²) in [6.07, 6.45) is 2.81. The van der Waals surface area contributed by atoms with Gasteiger partial charge in [-0.05, 0) is 23.1 Å². The number of benzene rings is 1. The van der Waals surface area contributed by atoms with Gasteiger partial charge in [0.25, 0.3) is 0 Å². The smallest absolute Gasteiger partial charge is 0.246 e. The lowest BCUT2D eigenvalue weighted by Gasteiger charge is -2.03. The third-order valence-electron chi connectivity index (χ3n) is 3.21. The average Bonchev–Trinajstić information content (AvgIpc) is 3.06. The number of hydrogen-bond acceptors (Lipinski definition) is 4. The van der Waals surface area contributed by atoms with Crippen molar-refractivity contribution in [3.05, 3.63) is 47.7 Å². The van der Waals surface area contributed by atoms with Crippen LogP contribution in [0.5, 0.6) is 0 Å². The molecule has 5 heteroatoms. The van der Waals surface area contributed by atoms with Gasteiger partial charge < -0.3 is 14.8 Å². The zero-order valence-corrected chi connectivity index (χ0v) is 10.8. The summed E-state index contributed by atoms with van der Waals surface area (Å²) in [5.41, 5.74) is 7.94. The summed E-state index contributed by atoms with van der Waals surface area (Å²) in [6.45, 7) is 3.14. The molecule has 1 aromatic carbocycles. The molecule has 3 aromatic rings. The van der Waals surface area contributed by atoms with Crippen LogP contribution >= 0.6 is 0 Å². The van der Waals surface area contributed by atoms with Crippen molar-refractivity contribution in [2.24, 2.45) is 5.73 Å². The molecule has 98 valence electrons. The number of fused-ring (bicyclic) bond motifs is 1. The fraction of sp³-hybridized carbons (Fsp3) is 0.286. The van der Waals surface area contributed by atoms with Crippen molar-refractivity contribution in [3.8, 4) is 0 Å². The lowest BCUT2D eigenvalue weighted by Crippen LogP contribution is -2.00. The number of rotatable bonds is 4. The summed E-state index contributed by atoms with van der Waals surface area (Å²) in [5, 5.41) is 5.10. The van der Waals surface area contributed by atoms with E-state index in [0.717, 1.165) is 23.3 Å². The van der Waals surface area contributed by atoms with Crippen LogP contribution in [0.15, 0.2) is 35.0 Å². The number of hydrogen-bond donors (Lipinski definition) is 1. The molecule has 0 saturated heterocycles. The van der Waals surface area contributed by atoms with Gasteiger partial charge in [0.15, 0.2) is 5.82 Å². The van der Waals surface area contributed by atoms with Crippen molar-refractivity contribution >= 4 is 10.9 Å². The Kier molecular flexibility index (Phi) is 3.05. The molecule has 0 aliphatic rings. The number of aromatic nitrogens is 3. The SMILES string of the molecule is CCc1noc(Cn2ccc3ccc(CN)cc32)n1. The fourth-order valence-corrected chi connectivity index (χ4v) is 2.14. The van der Waals surface area contributed by atoms with Gasteiger partial charge in [-0.3, -0.25) is 0 Å². The van der Waals surface area contributed by atoms with E-state index < -0.39 is 0 Å². The molecule has 0 fully saturated rings. The molecule has 0 amide bonds. The maximum absolute atomic E-state index is 5.68. The second-order valence-electron chi connectivity index (χ2n) is 4.50. The van der Waals surface area contributed by atoms with E-state index >= 15 is 0 Å². The maximum atomic E-state index is 5.68. The lowest BCUT2D eigenvalue weighted by molar-refractivity contribution is 0.368. The van der Waals surface area contributed by atoms with Crippen molar-refractivity contribution in [3.63, 3.8) is 0 Å². The molecule has 0 bridgehead atoms. The van der Waals surface area contributed by atoms with Gasteiger partial charge in [-0.15, -0.1) is 0 Å². The van der Waals surface area contributed by atoms with Gasteiger partial charge in [0.2, 0.25) is 5.89 Å². The summed E-state index contributed by atoms with van der Waals surface area (Å²) >= 11 is 0. The summed E-state index contributed by atoms with van der Waals surface area (Å²) in [5.74, 6) is 1.38. The predicted octanol–water partition coefficient (Wildman–Crippen LogP) is 2.09. The number of aryl methyl sites for hydroxylation is 1. The van der Waals surface area contributed by atoms with E-state index in [9.17, 15) is 0 Å². The Labute approximate surface area is 111 Å². The number of nitrogens with two attached hydrogens (primary N) is 1. The molecule has 0 aliphatic heterocycles. The van der Waals surface area contributed by atoms with Crippen LogP contribution in [0, 0.1) is 0 Å². The van der Waals surface area contributed by atoms with Crippen LogP contribution in [0.1, 0.15) is 24.2 Å². The first kappa shape index (κ1) is 11.9. The highest BCUT2D eigenvalue weighted by Gasteiger charge is 2.08. The Morgan fingerprint density at radius 2 is 2.21 bits per heavy atom. The van der Waals surface area contributed by atoms with Crippen LogP contribution in [0.2, 0.25) is 0 Å². The van der Waals surface area contributed by atoms with E-state index in [1.165, 1.54) is 5.39 Å². The molecule has 0 saturated carbocycles. The molecule has 2 heterocycles. The van der Waals surface area contributed by atoms with E-state index in [-0.39, 0.29) is 0 Å². The highest BCUT2D eigenvalue weighted by molar-refractivity contribution is 5.80. The van der Waals surface area contributed by atoms with E-state index in [1.54, 1.807) is 0 Å². The van der Waals surface area contributed by atoms with Gasteiger partial charge in [-0.2, -0.15) is 4.98 Å².